The van der Waals surface area contributed by atoms with Crippen LogP contribution in [0.25, 0.3) is 0 Å². The van der Waals surface area contributed by atoms with Crippen molar-refractivity contribution in [2.75, 3.05) is 17.2 Å². The number of anilines is 1. The molecule has 0 unspecified atom stereocenters. The first-order valence-corrected chi connectivity index (χ1v) is 8.82. The van der Waals surface area contributed by atoms with Crippen molar-refractivity contribution in [2.45, 2.75) is 17.7 Å². The van der Waals surface area contributed by atoms with Gasteiger partial charge in [0.05, 0.1) is 10.8 Å². The molecule has 0 radical (unpaired) electrons. The third-order valence-electron chi connectivity index (χ3n) is 3.77. The summed E-state index contributed by atoms with van der Waals surface area (Å²) in [6, 6.07) is 14.8. The SMILES string of the molecule is O=C(CSc1ccccc1Cl)c1ccc(N2CCCC2=O)cc1. The van der Waals surface area contributed by atoms with Gasteiger partial charge in [-0.2, -0.15) is 0 Å². The van der Waals surface area contributed by atoms with Gasteiger partial charge in [-0.25, -0.2) is 0 Å². The van der Waals surface area contributed by atoms with E-state index in [4.69, 9.17) is 11.6 Å². The van der Waals surface area contributed by atoms with Gasteiger partial charge in [-0.15, -0.1) is 11.8 Å². The van der Waals surface area contributed by atoms with Crippen LogP contribution in [0.15, 0.2) is 53.4 Å². The van der Waals surface area contributed by atoms with E-state index in [9.17, 15) is 9.59 Å². The summed E-state index contributed by atoms with van der Waals surface area (Å²) >= 11 is 7.53. The molecule has 3 nitrogen and oxygen atoms in total. The quantitative estimate of drug-likeness (QED) is 0.593. The van der Waals surface area contributed by atoms with E-state index in [0.717, 1.165) is 23.5 Å². The second kappa shape index (κ2) is 7.20. The lowest BCUT2D eigenvalue weighted by Crippen LogP contribution is -2.23. The maximum Gasteiger partial charge on any atom is 0.227 e. The Hall–Kier alpha value is -1.78. The van der Waals surface area contributed by atoms with Gasteiger partial charge in [0.1, 0.15) is 0 Å². The number of hydrogen-bond acceptors (Lipinski definition) is 3. The zero-order valence-corrected chi connectivity index (χ0v) is 14.1. The van der Waals surface area contributed by atoms with E-state index in [2.05, 4.69) is 0 Å². The van der Waals surface area contributed by atoms with Gasteiger partial charge < -0.3 is 4.90 Å². The Balaban J connectivity index is 1.64. The van der Waals surface area contributed by atoms with E-state index in [1.54, 1.807) is 17.0 Å². The van der Waals surface area contributed by atoms with Gasteiger partial charge in [-0.3, -0.25) is 9.59 Å². The molecular weight excluding hydrogens is 330 g/mol. The van der Waals surface area contributed by atoms with Crippen LogP contribution >= 0.6 is 23.4 Å². The third kappa shape index (κ3) is 3.77. The molecule has 0 aromatic heterocycles. The number of Topliss-reactive ketones (excluding diaryl/α,β-unsaturated/α-hetero) is 1. The molecule has 23 heavy (non-hydrogen) atoms. The Morgan fingerprint density at radius 3 is 2.52 bits per heavy atom. The summed E-state index contributed by atoms with van der Waals surface area (Å²) in [4.78, 5) is 26.7. The van der Waals surface area contributed by atoms with E-state index in [0.29, 0.717) is 22.8 Å². The Bertz CT molecular complexity index is 730. The molecule has 0 atom stereocenters. The van der Waals surface area contributed by atoms with Crippen molar-refractivity contribution in [3.8, 4) is 0 Å². The van der Waals surface area contributed by atoms with Crippen molar-refractivity contribution >= 4 is 40.7 Å². The highest BCUT2D eigenvalue weighted by molar-refractivity contribution is 8.00. The van der Waals surface area contributed by atoms with Crippen molar-refractivity contribution < 1.29 is 9.59 Å². The first-order chi connectivity index (χ1) is 11.1. The molecule has 0 bridgehead atoms. The molecule has 2 aromatic rings. The maximum atomic E-state index is 12.3. The Morgan fingerprint density at radius 2 is 1.87 bits per heavy atom. The number of halogens is 1. The number of thioether (sulfide) groups is 1. The van der Waals surface area contributed by atoms with Crippen molar-refractivity contribution in [2.24, 2.45) is 0 Å². The number of carbonyl (C=O) groups is 2. The first-order valence-electron chi connectivity index (χ1n) is 7.46. The number of benzene rings is 2. The molecule has 0 spiro atoms. The van der Waals surface area contributed by atoms with Crippen LogP contribution < -0.4 is 4.90 Å². The molecule has 2 aromatic carbocycles. The molecule has 1 heterocycles. The van der Waals surface area contributed by atoms with Crippen molar-refractivity contribution in [1.82, 2.24) is 0 Å². The third-order valence-corrected chi connectivity index (χ3v) is 5.28. The van der Waals surface area contributed by atoms with Crippen molar-refractivity contribution in [1.29, 1.82) is 0 Å². The van der Waals surface area contributed by atoms with Gasteiger partial charge in [0.2, 0.25) is 5.91 Å². The lowest BCUT2D eigenvalue weighted by atomic mass is 10.1. The number of carbonyl (C=O) groups excluding carboxylic acids is 2. The molecule has 0 saturated carbocycles. The Kier molecular flexibility index (Phi) is 5.03. The average molecular weight is 346 g/mol. The molecule has 1 aliphatic heterocycles. The van der Waals surface area contributed by atoms with Crippen molar-refractivity contribution in [3.63, 3.8) is 0 Å². The van der Waals surface area contributed by atoms with Crippen LogP contribution in [0.4, 0.5) is 5.69 Å². The first kappa shape index (κ1) is 16.1. The van der Waals surface area contributed by atoms with Crippen LogP contribution in [0.1, 0.15) is 23.2 Å². The highest BCUT2D eigenvalue weighted by Crippen LogP contribution is 2.27. The van der Waals surface area contributed by atoms with Gasteiger partial charge in [-0.1, -0.05) is 23.7 Å². The summed E-state index contributed by atoms with van der Waals surface area (Å²) in [6.07, 6.45) is 1.50. The largest absolute Gasteiger partial charge is 0.312 e. The number of hydrogen-bond donors (Lipinski definition) is 0. The predicted octanol–water partition coefficient (Wildman–Crippen LogP) is 4.44. The van der Waals surface area contributed by atoms with E-state index >= 15 is 0 Å². The van der Waals surface area contributed by atoms with Gasteiger partial charge in [0, 0.05) is 29.1 Å². The van der Waals surface area contributed by atoms with Crippen LogP contribution in [-0.4, -0.2) is 24.0 Å². The van der Waals surface area contributed by atoms with Gasteiger partial charge >= 0.3 is 0 Å². The van der Waals surface area contributed by atoms with Gasteiger partial charge in [0.15, 0.2) is 5.78 Å². The lowest BCUT2D eigenvalue weighted by molar-refractivity contribution is -0.117. The van der Waals surface area contributed by atoms with Gasteiger partial charge in [0.25, 0.3) is 0 Å². The van der Waals surface area contributed by atoms with E-state index in [1.165, 1.54) is 11.8 Å². The molecular formula is C18H16ClNO2S. The molecule has 1 amide bonds. The second-order valence-corrected chi connectivity index (χ2v) is 6.76. The Labute approximate surface area is 144 Å². The summed E-state index contributed by atoms with van der Waals surface area (Å²) in [5, 5.41) is 0.660. The summed E-state index contributed by atoms with van der Waals surface area (Å²) in [5.41, 5.74) is 1.52. The molecule has 0 N–H and O–H groups in total. The number of ketones is 1. The summed E-state index contributed by atoms with van der Waals surface area (Å²) in [5.74, 6) is 0.540. The summed E-state index contributed by atoms with van der Waals surface area (Å²) in [7, 11) is 0. The monoisotopic (exact) mass is 345 g/mol. The van der Waals surface area contributed by atoms with E-state index in [-0.39, 0.29) is 11.7 Å². The minimum atomic E-state index is 0.0502. The fourth-order valence-corrected chi connectivity index (χ4v) is 3.67. The normalized spacial score (nSPS) is 14.3. The molecule has 5 heteroatoms. The molecule has 1 saturated heterocycles. The second-order valence-electron chi connectivity index (χ2n) is 5.34. The van der Waals surface area contributed by atoms with Crippen LogP contribution in [0, 0.1) is 0 Å². The van der Waals surface area contributed by atoms with Crippen LogP contribution in [0.3, 0.4) is 0 Å². The molecule has 0 aliphatic carbocycles. The van der Waals surface area contributed by atoms with Gasteiger partial charge in [-0.05, 0) is 42.8 Å². The summed E-state index contributed by atoms with van der Waals surface area (Å²) in [6.45, 7) is 0.758. The summed E-state index contributed by atoms with van der Waals surface area (Å²) < 4.78 is 0. The number of nitrogens with zero attached hydrogens (tertiary/aromatic N) is 1. The molecule has 1 aliphatic rings. The van der Waals surface area contributed by atoms with E-state index < -0.39 is 0 Å². The fraction of sp³-hybridized carbons (Fsp3) is 0.222. The number of amides is 1. The van der Waals surface area contributed by atoms with E-state index in [1.807, 2.05) is 36.4 Å². The average Bonchev–Trinajstić information content (AvgIpc) is 3.00. The predicted molar refractivity (Wildman–Crippen MR) is 94.5 cm³/mol. The standard InChI is InChI=1S/C18H16ClNO2S/c19-15-4-1-2-5-17(15)23-12-16(21)13-7-9-14(10-8-13)20-11-3-6-18(20)22/h1-2,4-5,7-10H,3,6,11-12H2. The highest BCUT2D eigenvalue weighted by Gasteiger charge is 2.21. The van der Waals surface area contributed by atoms with Crippen LogP contribution in [-0.2, 0) is 4.79 Å². The molecule has 118 valence electrons. The zero-order valence-electron chi connectivity index (χ0n) is 12.5. The molecule has 1 fully saturated rings. The lowest BCUT2D eigenvalue weighted by Gasteiger charge is -2.15. The minimum Gasteiger partial charge on any atom is -0.312 e. The maximum absolute atomic E-state index is 12.3. The molecule has 3 rings (SSSR count). The fourth-order valence-electron chi connectivity index (χ4n) is 2.54. The van der Waals surface area contributed by atoms with Crippen LogP contribution in [0.2, 0.25) is 5.02 Å². The van der Waals surface area contributed by atoms with Crippen molar-refractivity contribution in [3.05, 3.63) is 59.1 Å². The zero-order chi connectivity index (χ0) is 16.2. The number of rotatable bonds is 5. The van der Waals surface area contributed by atoms with Crippen LogP contribution in [0.5, 0.6) is 0 Å². The highest BCUT2D eigenvalue weighted by atomic mass is 35.5. The minimum absolute atomic E-state index is 0.0502. The Morgan fingerprint density at radius 1 is 1.13 bits per heavy atom. The smallest absolute Gasteiger partial charge is 0.227 e. The topological polar surface area (TPSA) is 37.4 Å².